The molecule has 3 N–H and O–H groups in total. The maximum Gasteiger partial charge on any atom is 0.323 e. The van der Waals surface area contributed by atoms with Gasteiger partial charge in [0.05, 0.1) is 12.7 Å². The second-order valence-electron chi connectivity index (χ2n) is 5.86. The third kappa shape index (κ3) is 3.27. The predicted octanol–water partition coefficient (Wildman–Crippen LogP) is 1.21. The molecule has 0 aromatic heterocycles. The summed E-state index contributed by atoms with van der Waals surface area (Å²) in [4.78, 5) is 13.6. The van der Waals surface area contributed by atoms with Crippen molar-refractivity contribution in [2.75, 3.05) is 19.7 Å². The Morgan fingerprint density at radius 3 is 3.00 bits per heavy atom. The highest BCUT2D eigenvalue weighted by molar-refractivity contribution is 5.78. The molecule has 1 aliphatic carbocycles. The molecule has 5 nitrogen and oxygen atoms in total. The summed E-state index contributed by atoms with van der Waals surface area (Å²) in [6.45, 7) is 4.56. The van der Waals surface area contributed by atoms with Gasteiger partial charge in [0.15, 0.2) is 0 Å². The van der Waals surface area contributed by atoms with Crippen LogP contribution < -0.4 is 5.73 Å². The second-order valence-corrected chi connectivity index (χ2v) is 5.86. The minimum Gasteiger partial charge on any atom is -0.480 e. The fourth-order valence-corrected chi connectivity index (χ4v) is 3.32. The molecule has 1 aliphatic heterocycles. The van der Waals surface area contributed by atoms with Gasteiger partial charge in [0.25, 0.3) is 0 Å². The van der Waals surface area contributed by atoms with Crippen LogP contribution in [0.25, 0.3) is 0 Å². The van der Waals surface area contributed by atoms with E-state index in [1.807, 2.05) is 6.92 Å². The number of carbonyl (C=O) groups is 1. The van der Waals surface area contributed by atoms with E-state index in [1.54, 1.807) is 0 Å². The highest BCUT2D eigenvalue weighted by Crippen LogP contribution is 2.30. The zero-order valence-corrected chi connectivity index (χ0v) is 11.8. The lowest BCUT2D eigenvalue weighted by atomic mass is 9.91. The Bertz CT molecular complexity index is 324. The van der Waals surface area contributed by atoms with Crippen LogP contribution in [-0.4, -0.2) is 53.4 Å². The minimum atomic E-state index is -1.05. The smallest absolute Gasteiger partial charge is 0.323 e. The highest BCUT2D eigenvalue weighted by atomic mass is 16.5. The second kappa shape index (κ2) is 6.20. The average molecular weight is 270 g/mol. The molecule has 3 unspecified atom stereocenters. The predicted molar refractivity (Wildman–Crippen MR) is 73.0 cm³/mol. The van der Waals surface area contributed by atoms with Gasteiger partial charge in [-0.15, -0.1) is 0 Å². The number of nitrogens with two attached hydrogens (primary N) is 1. The molecule has 0 aromatic rings. The summed E-state index contributed by atoms with van der Waals surface area (Å²) in [5.41, 5.74) is 4.87. The molecule has 0 amide bonds. The lowest BCUT2D eigenvalue weighted by Crippen LogP contribution is -2.50. The van der Waals surface area contributed by atoms with Gasteiger partial charge in [0.2, 0.25) is 0 Å². The maximum absolute atomic E-state index is 11.2. The molecule has 1 heterocycles. The fraction of sp³-hybridized carbons (Fsp3) is 0.929. The van der Waals surface area contributed by atoms with E-state index in [9.17, 15) is 4.79 Å². The van der Waals surface area contributed by atoms with Crippen LogP contribution in [0.4, 0.5) is 0 Å². The molecule has 0 radical (unpaired) electrons. The Kier molecular flexibility index (Phi) is 4.81. The van der Waals surface area contributed by atoms with Gasteiger partial charge in [-0.05, 0) is 45.1 Å². The molecule has 1 saturated heterocycles. The summed E-state index contributed by atoms with van der Waals surface area (Å²) in [6, 6.07) is 0.548. The molecular formula is C14H26N2O3. The first-order valence-corrected chi connectivity index (χ1v) is 7.45. The molecule has 5 heteroatoms. The monoisotopic (exact) mass is 270 g/mol. The number of aliphatic carboxylic acids is 1. The minimum absolute atomic E-state index is 0.405. The molecule has 2 rings (SSSR count). The van der Waals surface area contributed by atoms with Gasteiger partial charge in [-0.2, -0.15) is 0 Å². The van der Waals surface area contributed by atoms with Crippen molar-refractivity contribution < 1.29 is 14.6 Å². The van der Waals surface area contributed by atoms with E-state index < -0.39 is 11.5 Å². The van der Waals surface area contributed by atoms with Gasteiger partial charge >= 0.3 is 5.97 Å². The Balaban J connectivity index is 1.80. The van der Waals surface area contributed by atoms with E-state index in [2.05, 4.69) is 4.90 Å². The Hall–Kier alpha value is -0.650. The van der Waals surface area contributed by atoms with E-state index in [0.29, 0.717) is 25.0 Å². The summed E-state index contributed by atoms with van der Waals surface area (Å²) >= 11 is 0. The number of hydrogen-bond acceptors (Lipinski definition) is 4. The van der Waals surface area contributed by atoms with E-state index in [1.165, 1.54) is 19.3 Å². The summed E-state index contributed by atoms with van der Waals surface area (Å²) < 4.78 is 5.78. The summed E-state index contributed by atoms with van der Waals surface area (Å²) in [5.74, 6) is -0.879. The van der Waals surface area contributed by atoms with Crippen molar-refractivity contribution in [3.8, 4) is 0 Å². The molecule has 3 atom stereocenters. The largest absolute Gasteiger partial charge is 0.480 e. The fourth-order valence-electron chi connectivity index (χ4n) is 3.32. The molecule has 0 aromatic carbocycles. The van der Waals surface area contributed by atoms with Crippen LogP contribution in [0.3, 0.4) is 0 Å². The molecule has 0 spiro atoms. The molecule has 2 aliphatic rings. The molecule has 2 fully saturated rings. The van der Waals surface area contributed by atoms with Gasteiger partial charge in [-0.1, -0.05) is 6.92 Å². The van der Waals surface area contributed by atoms with Crippen molar-refractivity contribution in [3.63, 3.8) is 0 Å². The summed E-state index contributed by atoms with van der Waals surface area (Å²) in [6.07, 6.45) is 5.92. The van der Waals surface area contributed by atoms with Crippen LogP contribution in [0.1, 0.15) is 45.4 Å². The van der Waals surface area contributed by atoms with E-state index in [0.717, 1.165) is 26.1 Å². The van der Waals surface area contributed by atoms with Crippen LogP contribution in [0.5, 0.6) is 0 Å². The van der Waals surface area contributed by atoms with Crippen molar-refractivity contribution >= 4 is 5.97 Å². The molecule has 110 valence electrons. The molecule has 19 heavy (non-hydrogen) atoms. The van der Waals surface area contributed by atoms with Crippen LogP contribution >= 0.6 is 0 Å². The third-order valence-electron chi connectivity index (χ3n) is 4.72. The number of ether oxygens (including phenoxy) is 1. The first-order valence-electron chi connectivity index (χ1n) is 7.45. The maximum atomic E-state index is 11.2. The average Bonchev–Trinajstić information content (AvgIpc) is 2.87. The normalized spacial score (nSPS) is 30.8. The lowest BCUT2D eigenvalue weighted by molar-refractivity contribution is -0.143. The number of carboxylic acid groups (broad SMARTS) is 1. The van der Waals surface area contributed by atoms with Crippen molar-refractivity contribution in [3.05, 3.63) is 0 Å². The zero-order chi connectivity index (χ0) is 13.9. The van der Waals surface area contributed by atoms with Crippen molar-refractivity contribution in [1.29, 1.82) is 0 Å². The van der Waals surface area contributed by atoms with E-state index in [4.69, 9.17) is 15.6 Å². The van der Waals surface area contributed by atoms with Gasteiger partial charge in [0.1, 0.15) is 5.54 Å². The first-order chi connectivity index (χ1) is 9.07. The number of rotatable bonds is 6. The zero-order valence-electron chi connectivity index (χ0n) is 11.8. The van der Waals surface area contributed by atoms with Gasteiger partial charge in [-0.3, -0.25) is 9.69 Å². The van der Waals surface area contributed by atoms with E-state index in [-0.39, 0.29) is 0 Å². The topological polar surface area (TPSA) is 75.8 Å². The highest BCUT2D eigenvalue weighted by Gasteiger charge is 2.36. The lowest BCUT2D eigenvalue weighted by Gasteiger charge is -2.38. The van der Waals surface area contributed by atoms with Crippen molar-refractivity contribution in [1.82, 2.24) is 4.90 Å². The number of nitrogens with zero attached hydrogens (tertiary/aromatic N) is 1. The Morgan fingerprint density at radius 1 is 1.53 bits per heavy atom. The van der Waals surface area contributed by atoms with Crippen LogP contribution in [0, 0.1) is 0 Å². The molecular weight excluding hydrogens is 244 g/mol. The molecule has 0 bridgehead atoms. The number of carboxylic acids is 1. The number of hydrogen-bond donors (Lipinski definition) is 2. The third-order valence-corrected chi connectivity index (χ3v) is 4.72. The van der Waals surface area contributed by atoms with Gasteiger partial charge in [-0.25, -0.2) is 0 Å². The van der Waals surface area contributed by atoms with Gasteiger partial charge < -0.3 is 15.6 Å². The SMILES string of the molecule is CCC(N)(CCCN1CCOC2CCCC21)C(=O)O. The Morgan fingerprint density at radius 2 is 2.32 bits per heavy atom. The van der Waals surface area contributed by atoms with E-state index >= 15 is 0 Å². The van der Waals surface area contributed by atoms with Crippen molar-refractivity contribution in [2.24, 2.45) is 5.73 Å². The Labute approximate surface area is 115 Å². The quantitative estimate of drug-likeness (QED) is 0.759. The summed E-state index contributed by atoms with van der Waals surface area (Å²) in [7, 11) is 0. The van der Waals surface area contributed by atoms with Crippen LogP contribution in [-0.2, 0) is 9.53 Å². The van der Waals surface area contributed by atoms with Crippen molar-refractivity contribution in [2.45, 2.75) is 63.1 Å². The summed E-state index contributed by atoms with van der Waals surface area (Å²) in [5, 5.41) is 9.16. The standard InChI is InChI=1S/C14H26N2O3/c1-2-14(15,13(17)18)7-4-8-16-9-10-19-12-6-3-5-11(12)16/h11-12H,2-10,15H2,1H3,(H,17,18). The first kappa shape index (κ1) is 14.8. The van der Waals surface area contributed by atoms with Crippen LogP contribution in [0.2, 0.25) is 0 Å². The number of fused-ring (bicyclic) bond motifs is 1. The van der Waals surface area contributed by atoms with Crippen LogP contribution in [0.15, 0.2) is 0 Å². The molecule has 1 saturated carbocycles. The van der Waals surface area contributed by atoms with Gasteiger partial charge in [0, 0.05) is 12.6 Å². The number of morpholine rings is 1.